The van der Waals surface area contributed by atoms with Gasteiger partial charge < -0.3 is 10.1 Å². The second kappa shape index (κ2) is 6.98. The third kappa shape index (κ3) is 3.78. The minimum absolute atomic E-state index is 0.0284. The van der Waals surface area contributed by atoms with Gasteiger partial charge in [-0.1, -0.05) is 35.3 Å². The van der Waals surface area contributed by atoms with Gasteiger partial charge in [0, 0.05) is 17.1 Å². The maximum atomic E-state index is 12.7. The normalized spacial score (nSPS) is 21.6. The molecule has 1 aliphatic carbocycles. The quantitative estimate of drug-likeness (QED) is 0.782. The second-order valence-corrected chi connectivity index (χ2v) is 9.18. The number of hydrogen-bond donors (Lipinski definition) is 2. The Labute approximate surface area is 166 Å². The van der Waals surface area contributed by atoms with Crippen molar-refractivity contribution in [1.29, 1.82) is 0 Å². The summed E-state index contributed by atoms with van der Waals surface area (Å²) in [5.41, 5.74) is 1.51. The van der Waals surface area contributed by atoms with Crippen LogP contribution in [0.15, 0.2) is 41.3 Å². The lowest BCUT2D eigenvalue weighted by Crippen LogP contribution is -2.43. The van der Waals surface area contributed by atoms with Gasteiger partial charge in [-0.05, 0) is 42.5 Å². The molecule has 4 rings (SSSR count). The van der Waals surface area contributed by atoms with E-state index in [1.165, 1.54) is 12.1 Å². The monoisotopic (exact) mass is 426 g/mol. The number of sulfonamides is 1. The van der Waals surface area contributed by atoms with Crippen LogP contribution in [0.3, 0.4) is 0 Å². The number of benzene rings is 2. The fourth-order valence-electron chi connectivity index (χ4n) is 3.29. The zero-order chi connectivity index (χ0) is 19.2. The Morgan fingerprint density at radius 3 is 2.52 bits per heavy atom. The number of fused-ring (bicyclic) bond motifs is 1. The van der Waals surface area contributed by atoms with Crippen molar-refractivity contribution in [2.75, 3.05) is 11.9 Å². The van der Waals surface area contributed by atoms with E-state index in [2.05, 4.69) is 10.0 Å². The summed E-state index contributed by atoms with van der Waals surface area (Å²) < 4.78 is 33.5. The summed E-state index contributed by atoms with van der Waals surface area (Å²) in [6.45, 7) is -0.160. The van der Waals surface area contributed by atoms with Crippen LogP contribution in [0.1, 0.15) is 24.3 Å². The van der Waals surface area contributed by atoms with Crippen molar-refractivity contribution in [3.05, 3.63) is 52.0 Å². The first-order valence-corrected chi connectivity index (χ1v) is 10.6. The molecule has 1 aliphatic heterocycles. The van der Waals surface area contributed by atoms with E-state index in [4.69, 9.17) is 27.9 Å². The highest BCUT2D eigenvalue weighted by Crippen LogP contribution is 2.39. The van der Waals surface area contributed by atoms with E-state index in [1.54, 1.807) is 0 Å². The number of carbonyl (C=O) groups is 1. The molecule has 0 atom stereocenters. The number of amides is 1. The molecule has 6 nitrogen and oxygen atoms in total. The highest BCUT2D eigenvalue weighted by Gasteiger charge is 2.34. The molecule has 1 heterocycles. The molecule has 0 spiro atoms. The maximum absolute atomic E-state index is 12.7. The molecule has 0 saturated heterocycles. The summed E-state index contributed by atoms with van der Waals surface area (Å²) in [5, 5.41) is 3.30. The number of hydrogen-bond acceptors (Lipinski definition) is 4. The van der Waals surface area contributed by atoms with Crippen molar-refractivity contribution >= 4 is 44.8 Å². The molecule has 1 fully saturated rings. The van der Waals surface area contributed by atoms with Crippen molar-refractivity contribution < 1.29 is 17.9 Å². The van der Waals surface area contributed by atoms with Gasteiger partial charge in [-0.15, -0.1) is 0 Å². The van der Waals surface area contributed by atoms with E-state index in [0.29, 0.717) is 29.5 Å². The van der Waals surface area contributed by atoms with Crippen molar-refractivity contribution in [2.45, 2.75) is 29.7 Å². The van der Waals surface area contributed by atoms with Crippen LogP contribution in [0.4, 0.5) is 5.69 Å². The lowest BCUT2D eigenvalue weighted by atomic mass is 9.76. The summed E-state index contributed by atoms with van der Waals surface area (Å²) in [7, 11) is -3.81. The molecule has 0 unspecified atom stereocenters. The average Bonchev–Trinajstić information content (AvgIpc) is 2.58. The largest absolute Gasteiger partial charge is 0.482 e. The Hall–Kier alpha value is -1.80. The van der Waals surface area contributed by atoms with Gasteiger partial charge in [0.05, 0.1) is 10.7 Å². The van der Waals surface area contributed by atoms with E-state index in [-0.39, 0.29) is 34.2 Å². The Morgan fingerprint density at radius 1 is 1.11 bits per heavy atom. The fourth-order valence-corrected chi connectivity index (χ4v) is 5.22. The minimum atomic E-state index is -3.81. The lowest BCUT2D eigenvalue weighted by molar-refractivity contribution is -0.118. The Bertz CT molecular complexity index is 1000. The maximum Gasteiger partial charge on any atom is 0.262 e. The molecular weight excluding hydrogens is 411 g/mol. The van der Waals surface area contributed by atoms with Gasteiger partial charge in [0.15, 0.2) is 6.61 Å². The number of nitrogens with one attached hydrogen (secondary N) is 2. The molecule has 0 aromatic heterocycles. The standard InChI is InChI=1S/C18H16Cl2N2O4S/c19-12-3-1-10(2-4-12)11-5-13(6-11)22-27(24,25)17-8-16-15(7-14(17)20)21-18(23)9-26-16/h1-4,7-8,11,13,22H,5-6,9H2,(H,21,23). The molecule has 27 heavy (non-hydrogen) atoms. The Kier molecular flexibility index (Phi) is 4.80. The highest BCUT2D eigenvalue weighted by atomic mass is 35.5. The van der Waals surface area contributed by atoms with Crippen molar-refractivity contribution in [1.82, 2.24) is 4.72 Å². The topological polar surface area (TPSA) is 84.5 Å². The summed E-state index contributed by atoms with van der Waals surface area (Å²) >= 11 is 12.0. The third-order valence-corrected chi connectivity index (χ3v) is 6.99. The van der Waals surface area contributed by atoms with E-state index >= 15 is 0 Å². The van der Waals surface area contributed by atoms with Crippen LogP contribution >= 0.6 is 23.2 Å². The molecule has 2 N–H and O–H groups in total. The molecule has 0 radical (unpaired) electrons. The molecule has 2 aliphatic rings. The first-order valence-electron chi connectivity index (χ1n) is 8.36. The van der Waals surface area contributed by atoms with Crippen molar-refractivity contribution in [3.8, 4) is 5.75 Å². The van der Waals surface area contributed by atoms with Crippen LogP contribution in [0, 0.1) is 0 Å². The predicted molar refractivity (Wildman–Crippen MR) is 103 cm³/mol. The summed E-state index contributed by atoms with van der Waals surface area (Å²) in [6.07, 6.45) is 1.41. The first kappa shape index (κ1) is 18.6. The van der Waals surface area contributed by atoms with E-state index in [1.807, 2.05) is 24.3 Å². The summed E-state index contributed by atoms with van der Waals surface area (Å²) in [6, 6.07) is 10.2. The van der Waals surface area contributed by atoms with Gasteiger partial charge in [-0.2, -0.15) is 0 Å². The van der Waals surface area contributed by atoms with E-state index < -0.39 is 10.0 Å². The minimum Gasteiger partial charge on any atom is -0.482 e. The predicted octanol–water partition coefficient (Wildman–Crippen LogP) is 3.55. The SMILES string of the molecule is O=C1COc2cc(S(=O)(=O)NC3CC(c4ccc(Cl)cc4)C3)c(Cl)cc2N1. The number of anilines is 1. The van der Waals surface area contributed by atoms with Crippen molar-refractivity contribution in [2.24, 2.45) is 0 Å². The summed E-state index contributed by atoms with van der Waals surface area (Å²) in [5.74, 6) is 0.273. The zero-order valence-electron chi connectivity index (χ0n) is 14.0. The smallest absolute Gasteiger partial charge is 0.262 e. The van der Waals surface area contributed by atoms with Gasteiger partial charge in [-0.25, -0.2) is 13.1 Å². The average molecular weight is 427 g/mol. The van der Waals surface area contributed by atoms with Crippen molar-refractivity contribution in [3.63, 3.8) is 0 Å². The first-order chi connectivity index (χ1) is 12.8. The molecular formula is C18H16Cl2N2O4S. The van der Waals surface area contributed by atoms with Crippen LogP contribution in [0.2, 0.25) is 10.0 Å². The second-order valence-electron chi connectivity index (χ2n) is 6.65. The van der Waals surface area contributed by atoms with E-state index in [0.717, 1.165) is 5.56 Å². The van der Waals surface area contributed by atoms with Crippen LogP contribution in [-0.2, 0) is 14.8 Å². The lowest BCUT2D eigenvalue weighted by Gasteiger charge is -2.36. The molecule has 2 aromatic carbocycles. The van der Waals surface area contributed by atoms with Crippen LogP contribution in [0.25, 0.3) is 0 Å². The van der Waals surface area contributed by atoms with E-state index in [9.17, 15) is 13.2 Å². The van der Waals surface area contributed by atoms with Gasteiger partial charge >= 0.3 is 0 Å². The number of carbonyl (C=O) groups excluding carboxylic acids is 1. The summed E-state index contributed by atoms with van der Waals surface area (Å²) in [4.78, 5) is 11.3. The molecule has 9 heteroatoms. The van der Waals surface area contributed by atoms with Gasteiger partial charge in [0.1, 0.15) is 10.6 Å². The van der Waals surface area contributed by atoms with Crippen LogP contribution < -0.4 is 14.8 Å². The Morgan fingerprint density at radius 2 is 1.81 bits per heavy atom. The van der Waals surface area contributed by atoms with Gasteiger partial charge in [0.25, 0.3) is 5.91 Å². The van der Waals surface area contributed by atoms with Crippen LogP contribution in [-0.4, -0.2) is 27.0 Å². The number of rotatable bonds is 4. The molecule has 1 amide bonds. The molecule has 0 bridgehead atoms. The number of halogens is 2. The van der Waals surface area contributed by atoms with Crippen LogP contribution in [0.5, 0.6) is 5.75 Å². The van der Waals surface area contributed by atoms with Gasteiger partial charge in [-0.3, -0.25) is 4.79 Å². The number of ether oxygens (including phenoxy) is 1. The Balaban J connectivity index is 1.47. The molecule has 1 saturated carbocycles. The zero-order valence-corrected chi connectivity index (χ0v) is 16.4. The fraction of sp³-hybridized carbons (Fsp3) is 0.278. The molecule has 2 aromatic rings. The van der Waals surface area contributed by atoms with Gasteiger partial charge in [0.2, 0.25) is 10.0 Å². The third-order valence-electron chi connectivity index (χ3n) is 4.76. The highest BCUT2D eigenvalue weighted by molar-refractivity contribution is 7.89. The molecule has 142 valence electrons.